The molecule has 3 aromatic heterocycles. The van der Waals surface area contributed by atoms with Crippen LogP contribution in [0.3, 0.4) is 0 Å². The first-order valence-electron chi connectivity index (χ1n) is 9.84. The number of carbonyl (C=O) groups is 1. The molecule has 0 saturated carbocycles. The molecule has 0 saturated heterocycles. The van der Waals surface area contributed by atoms with E-state index in [0.717, 1.165) is 16.7 Å². The lowest BCUT2D eigenvalue weighted by molar-refractivity contribution is 0.0948. The molecule has 0 unspecified atom stereocenters. The number of nitrogens with one attached hydrogen (secondary N) is 2. The summed E-state index contributed by atoms with van der Waals surface area (Å²) in [7, 11) is 0. The number of aromatic nitrogens is 3. The van der Waals surface area contributed by atoms with E-state index in [4.69, 9.17) is 5.41 Å². The quantitative estimate of drug-likeness (QED) is 0.515. The van der Waals surface area contributed by atoms with Crippen LogP contribution in [-0.2, 0) is 13.1 Å². The van der Waals surface area contributed by atoms with E-state index in [1.165, 1.54) is 10.5 Å². The van der Waals surface area contributed by atoms with Gasteiger partial charge in [-0.05, 0) is 44.0 Å². The number of benzene rings is 1. The number of nitrogens with zero attached hydrogens (tertiary/aromatic N) is 3. The van der Waals surface area contributed by atoms with Gasteiger partial charge in [-0.15, -0.1) is 0 Å². The average Bonchev–Trinajstić information content (AvgIpc) is 2.74. The van der Waals surface area contributed by atoms with Crippen molar-refractivity contribution in [2.75, 3.05) is 0 Å². The van der Waals surface area contributed by atoms with Crippen molar-refractivity contribution in [2.45, 2.75) is 33.9 Å². The largest absolute Gasteiger partial charge is 0.348 e. The zero-order valence-electron chi connectivity index (χ0n) is 17.2. The van der Waals surface area contributed by atoms with Crippen LogP contribution in [0.15, 0.2) is 53.5 Å². The van der Waals surface area contributed by atoms with Crippen LogP contribution >= 0.6 is 0 Å². The highest BCUT2D eigenvalue weighted by Crippen LogP contribution is 2.13. The molecule has 0 aliphatic heterocycles. The molecule has 1 amide bonds. The van der Waals surface area contributed by atoms with E-state index in [1.54, 1.807) is 16.8 Å². The molecule has 3 heterocycles. The summed E-state index contributed by atoms with van der Waals surface area (Å²) in [6.07, 6.45) is 1.67. The molecular weight excluding hydrogens is 378 g/mol. The lowest BCUT2D eigenvalue weighted by Crippen LogP contribution is -2.34. The predicted molar refractivity (Wildman–Crippen MR) is 116 cm³/mol. The van der Waals surface area contributed by atoms with Gasteiger partial charge in [0.05, 0.1) is 10.9 Å². The van der Waals surface area contributed by atoms with Crippen LogP contribution in [0.5, 0.6) is 0 Å². The van der Waals surface area contributed by atoms with Crippen molar-refractivity contribution in [1.82, 2.24) is 19.3 Å². The van der Waals surface area contributed by atoms with Crippen molar-refractivity contribution in [2.24, 2.45) is 0 Å². The molecule has 4 aromatic rings. The highest BCUT2D eigenvalue weighted by atomic mass is 16.1. The van der Waals surface area contributed by atoms with Crippen molar-refractivity contribution in [1.29, 1.82) is 5.41 Å². The molecule has 0 atom stereocenters. The first kappa shape index (κ1) is 19.6. The Hall–Kier alpha value is -3.74. The van der Waals surface area contributed by atoms with E-state index >= 15 is 0 Å². The fourth-order valence-corrected chi connectivity index (χ4v) is 3.56. The number of fused-ring (bicyclic) bond motifs is 2. The van der Waals surface area contributed by atoms with E-state index in [1.807, 2.05) is 51.1 Å². The van der Waals surface area contributed by atoms with Crippen molar-refractivity contribution in [3.8, 4) is 0 Å². The fraction of sp³-hybridized carbons (Fsp3) is 0.217. The molecule has 2 N–H and O–H groups in total. The first-order valence-corrected chi connectivity index (χ1v) is 9.84. The Labute approximate surface area is 173 Å². The molecule has 30 heavy (non-hydrogen) atoms. The minimum Gasteiger partial charge on any atom is -0.348 e. The van der Waals surface area contributed by atoms with E-state index in [0.29, 0.717) is 29.8 Å². The van der Waals surface area contributed by atoms with Gasteiger partial charge in [-0.25, -0.2) is 4.98 Å². The maximum Gasteiger partial charge on any atom is 0.267 e. The molecule has 1 aromatic carbocycles. The van der Waals surface area contributed by atoms with Gasteiger partial charge in [-0.1, -0.05) is 35.9 Å². The predicted octanol–water partition coefficient (Wildman–Crippen LogP) is 2.70. The summed E-state index contributed by atoms with van der Waals surface area (Å²) in [4.78, 5) is 30.6. The van der Waals surface area contributed by atoms with Gasteiger partial charge in [0.15, 0.2) is 0 Å². The van der Waals surface area contributed by atoms with Crippen LogP contribution in [0.25, 0.3) is 16.7 Å². The third-order valence-corrected chi connectivity index (χ3v) is 5.27. The normalized spacial score (nSPS) is 11.2. The minimum atomic E-state index is -0.390. The summed E-state index contributed by atoms with van der Waals surface area (Å²) < 4.78 is 3.08. The lowest BCUT2D eigenvalue weighted by Gasteiger charge is -2.14. The molecule has 7 heteroatoms. The molecule has 0 fully saturated rings. The topological polar surface area (TPSA) is 92.2 Å². The number of rotatable bonds is 4. The van der Waals surface area contributed by atoms with Crippen molar-refractivity contribution in [3.05, 3.63) is 86.8 Å². The molecule has 0 bridgehead atoms. The average molecular weight is 401 g/mol. The van der Waals surface area contributed by atoms with E-state index in [9.17, 15) is 9.59 Å². The minimum absolute atomic E-state index is 0.0382. The monoisotopic (exact) mass is 401 g/mol. The zero-order chi connectivity index (χ0) is 21.4. The summed E-state index contributed by atoms with van der Waals surface area (Å²) in [6.45, 7) is 6.52. The third kappa shape index (κ3) is 3.28. The number of hydrogen-bond donors (Lipinski definition) is 2. The Morgan fingerprint density at radius 1 is 1.13 bits per heavy atom. The molecule has 7 nitrogen and oxygen atoms in total. The number of pyridine rings is 2. The molecular formula is C23H23N5O2. The van der Waals surface area contributed by atoms with Crippen LogP contribution in [0.2, 0.25) is 0 Å². The van der Waals surface area contributed by atoms with Gasteiger partial charge >= 0.3 is 0 Å². The second kappa shape index (κ2) is 7.59. The molecule has 4 rings (SSSR count). The van der Waals surface area contributed by atoms with Crippen LogP contribution < -0.4 is 16.4 Å². The Kier molecular flexibility index (Phi) is 4.95. The summed E-state index contributed by atoms with van der Waals surface area (Å²) in [5, 5.41) is 11.7. The first-order chi connectivity index (χ1) is 14.4. The summed E-state index contributed by atoms with van der Waals surface area (Å²) in [5.41, 5.74) is 3.88. The van der Waals surface area contributed by atoms with Crippen LogP contribution in [0.1, 0.15) is 34.0 Å². The van der Waals surface area contributed by atoms with E-state index < -0.39 is 5.91 Å². The number of hydrogen-bond acceptors (Lipinski definition) is 4. The van der Waals surface area contributed by atoms with E-state index in [-0.39, 0.29) is 16.6 Å². The van der Waals surface area contributed by atoms with Gasteiger partial charge in [0.1, 0.15) is 16.8 Å². The van der Waals surface area contributed by atoms with Gasteiger partial charge in [-0.3, -0.25) is 19.4 Å². The number of carbonyl (C=O) groups excluding carboxylic acids is 1. The summed E-state index contributed by atoms with van der Waals surface area (Å²) >= 11 is 0. The molecule has 0 spiro atoms. The Bertz CT molecular complexity index is 1400. The third-order valence-electron chi connectivity index (χ3n) is 5.27. The van der Waals surface area contributed by atoms with Crippen LogP contribution in [0, 0.1) is 19.3 Å². The summed E-state index contributed by atoms with van der Waals surface area (Å²) in [6, 6.07) is 13.0. The van der Waals surface area contributed by atoms with Gasteiger partial charge in [-0.2, -0.15) is 0 Å². The second-order valence-corrected chi connectivity index (χ2v) is 7.36. The smallest absolute Gasteiger partial charge is 0.267 e. The number of aryl methyl sites for hydroxylation is 3. The van der Waals surface area contributed by atoms with Crippen molar-refractivity contribution >= 4 is 22.6 Å². The Morgan fingerprint density at radius 2 is 1.87 bits per heavy atom. The Balaban J connectivity index is 1.83. The highest BCUT2D eigenvalue weighted by Gasteiger charge is 2.17. The van der Waals surface area contributed by atoms with E-state index in [2.05, 4.69) is 10.3 Å². The second-order valence-electron chi connectivity index (χ2n) is 7.36. The maximum absolute atomic E-state index is 13.1. The molecule has 0 radical (unpaired) electrons. The Morgan fingerprint density at radius 3 is 2.57 bits per heavy atom. The molecule has 152 valence electrons. The maximum atomic E-state index is 13.1. The van der Waals surface area contributed by atoms with Crippen molar-refractivity contribution in [3.63, 3.8) is 0 Å². The van der Waals surface area contributed by atoms with Crippen molar-refractivity contribution < 1.29 is 4.79 Å². The van der Waals surface area contributed by atoms with Crippen LogP contribution in [-0.4, -0.2) is 19.9 Å². The highest BCUT2D eigenvalue weighted by molar-refractivity contribution is 5.96. The summed E-state index contributed by atoms with van der Waals surface area (Å²) in [5.74, 6) is -0.390. The van der Waals surface area contributed by atoms with Gasteiger partial charge in [0, 0.05) is 19.3 Å². The SMILES string of the molecule is CCn1c(=N)c(C(=O)NCc2ccc(C)cc2)cc2c(=O)n3cccc(C)c3nc21. The number of amides is 1. The standard InChI is InChI=1S/C23H23N5O2/c1-4-27-19(24)17(22(29)25-13-16-9-7-14(2)8-10-16)12-18-21(27)26-20-15(3)6-5-11-28(20)23(18)30/h5-12,24H,4,13H2,1-3H3,(H,25,29). The molecule has 0 aliphatic rings. The van der Waals surface area contributed by atoms with Gasteiger partial charge in [0.2, 0.25) is 0 Å². The zero-order valence-corrected chi connectivity index (χ0v) is 17.2. The molecule has 0 aliphatic carbocycles. The van der Waals surface area contributed by atoms with Crippen LogP contribution in [0.4, 0.5) is 0 Å². The lowest BCUT2D eigenvalue weighted by atomic mass is 10.1. The fourth-order valence-electron chi connectivity index (χ4n) is 3.56. The van der Waals surface area contributed by atoms with Gasteiger partial charge < -0.3 is 9.88 Å². The van der Waals surface area contributed by atoms with Gasteiger partial charge in [0.25, 0.3) is 11.5 Å².